The van der Waals surface area contributed by atoms with Crippen molar-refractivity contribution in [1.82, 2.24) is 4.98 Å². The van der Waals surface area contributed by atoms with Crippen LogP contribution in [0.4, 0.5) is 9.93 Å². The number of anilines is 1. The summed E-state index contributed by atoms with van der Waals surface area (Å²) in [6, 6.07) is 13.2. The van der Waals surface area contributed by atoms with Crippen LogP contribution in [0.25, 0.3) is 10.2 Å². The Labute approximate surface area is 145 Å². The molecule has 7 heteroatoms. The SMILES string of the molecule is COc1ccc(Br)c2sc(NC(=O)OCc3ccccc3)nc12. The molecule has 0 saturated carbocycles. The smallest absolute Gasteiger partial charge is 0.413 e. The first-order chi connectivity index (χ1) is 11.2. The highest BCUT2D eigenvalue weighted by Crippen LogP contribution is 2.37. The fourth-order valence-corrected chi connectivity index (χ4v) is 3.45. The Hall–Kier alpha value is -2.12. The van der Waals surface area contributed by atoms with E-state index < -0.39 is 6.09 Å². The molecule has 23 heavy (non-hydrogen) atoms. The van der Waals surface area contributed by atoms with Crippen LogP contribution in [0.3, 0.4) is 0 Å². The van der Waals surface area contributed by atoms with Crippen molar-refractivity contribution >= 4 is 48.7 Å². The molecule has 0 radical (unpaired) electrons. The molecule has 0 atom stereocenters. The maximum absolute atomic E-state index is 11.9. The minimum absolute atomic E-state index is 0.213. The van der Waals surface area contributed by atoms with Crippen LogP contribution in [0, 0.1) is 0 Å². The fourth-order valence-electron chi connectivity index (χ4n) is 2.02. The average Bonchev–Trinajstić information content (AvgIpc) is 2.99. The van der Waals surface area contributed by atoms with Crippen molar-refractivity contribution < 1.29 is 14.3 Å². The summed E-state index contributed by atoms with van der Waals surface area (Å²) in [6.45, 7) is 0.213. The molecule has 2 aromatic carbocycles. The Morgan fingerprint density at radius 3 is 2.78 bits per heavy atom. The second-order valence-corrected chi connectivity index (χ2v) is 6.49. The number of fused-ring (bicyclic) bond motifs is 1. The Bertz CT molecular complexity index is 836. The number of hydrogen-bond donors (Lipinski definition) is 1. The summed E-state index contributed by atoms with van der Waals surface area (Å²) in [5.41, 5.74) is 1.63. The molecule has 0 spiro atoms. The second-order valence-electron chi connectivity index (χ2n) is 4.63. The van der Waals surface area contributed by atoms with Gasteiger partial charge < -0.3 is 9.47 Å². The van der Waals surface area contributed by atoms with Crippen molar-refractivity contribution in [2.24, 2.45) is 0 Å². The molecule has 1 amide bonds. The van der Waals surface area contributed by atoms with Crippen molar-refractivity contribution in [3.05, 3.63) is 52.5 Å². The van der Waals surface area contributed by atoms with Gasteiger partial charge in [0.2, 0.25) is 0 Å². The predicted molar refractivity (Wildman–Crippen MR) is 94.1 cm³/mol. The van der Waals surface area contributed by atoms with E-state index in [2.05, 4.69) is 26.2 Å². The number of halogens is 1. The van der Waals surface area contributed by atoms with E-state index in [1.807, 2.05) is 42.5 Å². The molecule has 0 aliphatic rings. The Kier molecular flexibility index (Phi) is 4.78. The largest absolute Gasteiger partial charge is 0.494 e. The summed E-state index contributed by atoms with van der Waals surface area (Å²) in [5, 5.41) is 3.11. The Morgan fingerprint density at radius 2 is 2.04 bits per heavy atom. The lowest BCUT2D eigenvalue weighted by Crippen LogP contribution is -2.13. The van der Waals surface area contributed by atoms with Gasteiger partial charge in [-0.15, -0.1) is 0 Å². The average molecular weight is 393 g/mol. The molecular formula is C16H13BrN2O3S. The number of hydrogen-bond acceptors (Lipinski definition) is 5. The first kappa shape index (κ1) is 15.8. The first-order valence-electron chi connectivity index (χ1n) is 6.78. The summed E-state index contributed by atoms with van der Waals surface area (Å²) < 4.78 is 12.3. The van der Waals surface area contributed by atoms with Gasteiger partial charge in [-0.2, -0.15) is 0 Å². The van der Waals surface area contributed by atoms with Gasteiger partial charge in [0, 0.05) is 4.47 Å². The number of carbonyl (C=O) groups excluding carboxylic acids is 1. The van der Waals surface area contributed by atoms with Gasteiger partial charge in [-0.3, -0.25) is 5.32 Å². The van der Waals surface area contributed by atoms with Crippen molar-refractivity contribution in [1.29, 1.82) is 0 Å². The number of methoxy groups -OCH3 is 1. The number of rotatable bonds is 4. The third-order valence-corrected chi connectivity index (χ3v) is 5.03. The standard InChI is InChI=1S/C16H13BrN2O3S/c1-21-12-8-7-11(17)14-13(12)18-15(23-14)19-16(20)22-9-10-5-3-2-4-6-10/h2-8H,9H2,1H3,(H,18,19,20). The van der Waals surface area contributed by atoms with E-state index in [0.29, 0.717) is 16.4 Å². The summed E-state index contributed by atoms with van der Waals surface area (Å²) in [6.07, 6.45) is -0.539. The minimum atomic E-state index is -0.539. The van der Waals surface area contributed by atoms with Crippen LogP contribution in [0.15, 0.2) is 46.9 Å². The quantitative estimate of drug-likeness (QED) is 0.691. The van der Waals surface area contributed by atoms with E-state index in [0.717, 1.165) is 14.7 Å². The highest BCUT2D eigenvalue weighted by atomic mass is 79.9. The van der Waals surface area contributed by atoms with Gasteiger partial charge in [0.1, 0.15) is 17.9 Å². The zero-order valence-electron chi connectivity index (χ0n) is 12.2. The molecule has 1 N–H and O–H groups in total. The van der Waals surface area contributed by atoms with Crippen molar-refractivity contribution in [3.63, 3.8) is 0 Å². The van der Waals surface area contributed by atoms with E-state index in [1.165, 1.54) is 11.3 Å². The molecule has 0 bridgehead atoms. The van der Waals surface area contributed by atoms with Crippen LogP contribution in [0.5, 0.6) is 5.75 Å². The lowest BCUT2D eigenvalue weighted by Gasteiger charge is -2.04. The molecule has 3 rings (SSSR count). The summed E-state index contributed by atoms with van der Waals surface area (Å²) in [4.78, 5) is 16.3. The van der Waals surface area contributed by atoms with E-state index in [9.17, 15) is 4.79 Å². The highest BCUT2D eigenvalue weighted by Gasteiger charge is 2.14. The number of ether oxygens (including phenoxy) is 2. The molecule has 0 unspecified atom stereocenters. The second kappa shape index (κ2) is 6.97. The van der Waals surface area contributed by atoms with Crippen LogP contribution in [-0.4, -0.2) is 18.2 Å². The van der Waals surface area contributed by atoms with E-state index in [-0.39, 0.29) is 6.61 Å². The van der Waals surface area contributed by atoms with Gasteiger partial charge in [-0.05, 0) is 33.6 Å². The van der Waals surface area contributed by atoms with Gasteiger partial charge in [0.25, 0.3) is 0 Å². The number of benzene rings is 2. The monoisotopic (exact) mass is 392 g/mol. The predicted octanol–water partition coefficient (Wildman–Crippen LogP) is 4.82. The van der Waals surface area contributed by atoms with Gasteiger partial charge in [-0.1, -0.05) is 41.7 Å². The number of nitrogens with zero attached hydrogens (tertiary/aromatic N) is 1. The highest BCUT2D eigenvalue weighted by molar-refractivity contribution is 9.10. The van der Waals surface area contributed by atoms with Gasteiger partial charge in [0.15, 0.2) is 5.13 Å². The van der Waals surface area contributed by atoms with Crippen molar-refractivity contribution in [3.8, 4) is 5.75 Å². The summed E-state index contributed by atoms with van der Waals surface area (Å²) in [5.74, 6) is 0.658. The molecule has 118 valence electrons. The van der Waals surface area contributed by atoms with Crippen LogP contribution in [0.2, 0.25) is 0 Å². The minimum Gasteiger partial charge on any atom is -0.494 e. The van der Waals surface area contributed by atoms with Crippen LogP contribution >= 0.6 is 27.3 Å². The molecule has 3 aromatic rings. The first-order valence-corrected chi connectivity index (χ1v) is 8.39. The maximum atomic E-state index is 11.9. The number of carbonyl (C=O) groups is 1. The van der Waals surface area contributed by atoms with Gasteiger partial charge in [0.05, 0.1) is 11.8 Å². The Morgan fingerprint density at radius 1 is 1.26 bits per heavy atom. The zero-order valence-corrected chi connectivity index (χ0v) is 14.6. The van der Waals surface area contributed by atoms with Crippen molar-refractivity contribution in [2.75, 3.05) is 12.4 Å². The van der Waals surface area contributed by atoms with Gasteiger partial charge in [-0.25, -0.2) is 9.78 Å². The fraction of sp³-hybridized carbons (Fsp3) is 0.125. The van der Waals surface area contributed by atoms with E-state index >= 15 is 0 Å². The Balaban J connectivity index is 1.71. The van der Waals surface area contributed by atoms with Crippen LogP contribution in [0.1, 0.15) is 5.56 Å². The number of aromatic nitrogens is 1. The van der Waals surface area contributed by atoms with E-state index in [1.54, 1.807) is 7.11 Å². The van der Waals surface area contributed by atoms with E-state index in [4.69, 9.17) is 9.47 Å². The summed E-state index contributed by atoms with van der Waals surface area (Å²) >= 11 is 4.83. The summed E-state index contributed by atoms with van der Waals surface area (Å²) in [7, 11) is 1.59. The molecular weight excluding hydrogens is 380 g/mol. The molecule has 0 saturated heterocycles. The maximum Gasteiger partial charge on any atom is 0.413 e. The lowest BCUT2D eigenvalue weighted by atomic mass is 10.2. The molecule has 1 heterocycles. The molecule has 0 aliphatic heterocycles. The van der Waals surface area contributed by atoms with Crippen LogP contribution in [-0.2, 0) is 11.3 Å². The lowest BCUT2D eigenvalue weighted by molar-refractivity contribution is 0.155. The molecule has 0 fully saturated rings. The van der Waals surface area contributed by atoms with Crippen molar-refractivity contribution in [2.45, 2.75) is 6.61 Å². The molecule has 0 aliphatic carbocycles. The number of thiazole rings is 1. The van der Waals surface area contributed by atoms with Crippen LogP contribution < -0.4 is 10.1 Å². The molecule has 5 nitrogen and oxygen atoms in total. The number of amides is 1. The topological polar surface area (TPSA) is 60.5 Å². The normalized spacial score (nSPS) is 10.5. The third kappa shape index (κ3) is 3.62. The zero-order chi connectivity index (χ0) is 16.2. The third-order valence-electron chi connectivity index (χ3n) is 3.10. The number of nitrogens with one attached hydrogen (secondary N) is 1. The molecule has 1 aromatic heterocycles. The van der Waals surface area contributed by atoms with Gasteiger partial charge >= 0.3 is 6.09 Å².